The van der Waals surface area contributed by atoms with Gasteiger partial charge in [0.05, 0.1) is 18.4 Å². The Bertz CT molecular complexity index is 1460. The van der Waals surface area contributed by atoms with E-state index in [0.29, 0.717) is 17.1 Å². The van der Waals surface area contributed by atoms with Gasteiger partial charge in [0.2, 0.25) is 5.91 Å². The SMILES string of the molecule is COc1ccc(NS(=O)(=O)c2ccc(NC(=S)NC(=O)Cc3cccc4ccccc34)cc2)cc1. The molecule has 0 spiro atoms. The largest absolute Gasteiger partial charge is 0.497 e. The molecule has 0 radical (unpaired) electrons. The summed E-state index contributed by atoms with van der Waals surface area (Å²) in [5, 5.41) is 7.79. The van der Waals surface area contributed by atoms with Crippen LogP contribution in [-0.4, -0.2) is 26.5 Å². The third-order valence-corrected chi connectivity index (χ3v) is 6.85. The number of ether oxygens (including phenoxy) is 1. The summed E-state index contributed by atoms with van der Waals surface area (Å²) in [6, 6.07) is 26.3. The molecular weight excluding hydrogens is 482 g/mol. The zero-order valence-electron chi connectivity index (χ0n) is 18.8. The van der Waals surface area contributed by atoms with Crippen LogP contribution in [0.25, 0.3) is 10.8 Å². The van der Waals surface area contributed by atoms with Crippen molar-refractivity contribution in [1.29, 1.82) is 0 Å². The van der Waals surface area contributed by atoms with Gasteiger partial charge in [-0.3, -0.25) is 9.52 Å². The van der Waals surface area contributed by atoms with Crippen molar-refractivity contribution in [3.63, 3.8) is 0 Å². The van der Waals surface area contributed by atoms with E-state index < -0.39 is 10.0 Å². The molecule has 0 bridgehead atoms. The smallest absolute Gasteiger partial charge is 0.261 e. The number of hydrogen-bond acceptors (Lipinski definition) is 5. The molecule has 7 nitrogen and oxygen atoms in total. The number of rotatable bonds is 7. The Hall–Kier alpha value is -3.95. The lowest BCUT2D eigenvalue weighted by atomic mass is 10.0. The average molecular weight is 506 g/mol. The van der Waals surface area contributed by atoms with Crippen molar-refractivity contribution in [3.05, 3.63) is 96.6 Å². The molecule has 35 heavy (non-hydrogen) atoms. The van der Waals surface area contributed by atoms with Gasteiger partial charge in [-0.1, -0.05) is 42.5 Å². The number of amides is 1. The number of carbonyl (C=O) groups is 1. The molecule has 0 atom stereocenters. The number of fused-ring (bicyclic) bond motifs is 1. The van der Waals surface area contributed by atoms with Crippen LogP contribution in [-0.2, 0) is 21.2 Å². The normalized spacial score (nSPS) is 11.0. The fraction of sp³-hybridized carbons (Fsp3) is 0.0769. The first-order valence-corrected chi connectivity index (χ1v) is 12.6. The first kappa shape index (κ1) is 24.2. The summed E-state index contributed by atoms with van der Waals surface area (Å²) in [5.74, 6) is 0.380. The Morgan fingerprint density at radius 1 is 0.857 bits per heavy atom. The van der Waals surface area contributed by atoms with Crippen LogP contribution in [0.15, 0.2) is 95.9 Å². The summed E-state index contributed by atoms with van der Waals surface area (Å²) < 4.78 is 32.9. The molecule has 0 saturated carbocycles. The van der Waals surface area contributed by atoms with Crippen LogP contribution in [0.3, 0.4) is 0 Å². The Kier molecular flexibility index (Phi) is 7.28. The highest BCUT2D eigenvalue weighted by Crippen LogP contribution is 2.21. The minimum atomic E-state index is -3.77. The number of methoxy groups -OCH3 is 1. The number of carbonyl (C=O) groups excluding carboxylic acids is 1. The van der Waals surface area contributed by atoms with Crippen LogP contribution >= 0.6 is 12.2 Å². The fourth-order valence-corrected chi connectivity index (χ4v) is 4.83. The summed E-state index contributed by atoms with van der Waals surface area (Å²) in [7, 11) is -2.23. The maximum absolute atomic E-state index is 12.7. The van der Waals surface area contributed by atoms with Crippen molar-refractivity contribution < 1.29 is 17.9 Å². The van der Waals surface area contributed by atoms with Crippen molar-refractivity contribution >= 4 is 55.4 Å². The second-order valence-corrected chi connectivity index (χ2v) is 9.77. The molecule has 0 aliphatic heterocycles. The van der Waals surface area contributed by atoms with E-state index in [0.717, 1.165) is 16.3 Å². The number of anilines is 2. The summed E-state index contributed by atoms with van der Waals surface area (Å²) in [5.41, 5.74) is 1.87. The van der Waals surface area contributed by atoms with Crippen LogP contribution in [0.5, 0.6) is 5.75 Å². The quantitative estimate of drug-likeness (QED) is 0.315. The van der Waals surface area contributed by atoms with Gasteiger partial charge in [-0.05, 0) is 77.1 Å². The van der Waals surface area contributed by atoms with Gasteiger partial charge in [-0.15, -0.1) is 0 Å². The predicted molar refractivity (Wildman–Crippen MR) is 142 cm³/mol. The topological polar surface area (TPSA) is 96.5 Å². The van der Waals surface area contributed by atoms with Gasteiger partial charge in [0.25, 0.3) is 10.0 Å². The minimum Gasteiger partial charge on any atom is -0.497 e. The molecule has 0 heterocycles. The molecule has 1 amide bonds. The first-order valence-electron chi connectivity index (χ1n) is 10.7. The van der Waals surface area contributed by atoms with E-state index in [4.69, 9.17) is 17.0 Å². The average Bonchev–Trinajstić information content (AvgIpc) is 2.85. The lowest BCUT2D eigenvalue weighted by molar-refractivity contribution is -0.119. The monoisotopic (exact) mass is 505 g/mol. The van der Waals surface area contributed by atoms with Gasteiger partial charge in [-0.2, -0.15) is 0 Å². The summed E-state index contributed by atoms with van der Waals surface area (Å²) in [6.45, 7) is 0. The van der Waals surface area contributed by atoms with Gasteiger partial charge in [0.1, 0.15) is 5.75 Å². The molecule has 9 heteroatoms. The van der Waals surface area contributed by atoms with E-state index >= 15 is 0 Å². The Balaban J connectivity index is 1.35. The summed E-state index contributed by atoms with van der Waals surface area (Å²) >= 11 is 5.25. The predicted octanol–water partition coefficient (Wildman–Crippen LogP) is 4.70. The van der Waals surface area contributed by atoms with Crippen LogP contribution in [0.4, 0.5) is 11.4 Å². The lowest BCUT2D eigenvalue weighted by Gasteiger charge is -2.12. The van der Waals surface area contributed by atoms with Crippen molar-refractivity contribution in [3.8, 4) is 5.75 Å². The van der Waals surface area contributed by atoms with E-state index in [1.807, 2.05) is 42.5 Å². The number of thiocarbonyl (C=S) groups is 1. The van der Waals surface area contributed by atoms with E-state index in [2.05, 4.69) is 15.4 Å². The van der Waals surface area contributed by atoms with Gasteiger partial charge in [-0.25, -0.2) is 8.42 Å². The second kappa shape index (κ2) is 10.5. The highest BCUT2D eigenvalue weighted by Gasteiger charge is 2.15. The molecular formula is C26H23N3O4S2. The Labute approximate surface area is 209 Å². The minimum absolute atomic E-state index is 0.0878. The number of benzene rings is 4. The molecule has 4 aromatic rings. The third-order valence-electron chi connectivity index (χ3n) is 5.25. The molecule has 0 aliphatic carbocycles. The van der Waals surface area contributed by atoms with Crippen molar-refractivity contribution in [2.75, 3.05) is 17.1 Å². The lowest BCUT2D eigenvalue weighted by Crippen LogP contribution is -2.35. The maximum atomic E-state index is 12.7. The molecule has 3 N–H and O–H groups in total. The van der Waals surface area contributed by atoms with Crippen LogP contribution < -0.4 is 20.1 Å². The highest BCUT2D eigenvalue weighted by molar-refractivity contribution is 7.92. The number of hydrogen-bond donors (Lipinski definition) is 3. The number of sulfonamides is 1. The molecule has 4 aromatic carbocycles. The van der Waals surface area contributed by atoms with Crippen molar-refractivity contribution in [2.24, 2.45) is 0 Å². The molecule has 0 saturated heterocycles. The molecule has 178 valence electrons. The molecule has 0 aliphatic rings. The summed E-state index contributed by atoms with van der Waals surface area (Å²) in [4.78, 5) is 12.6. The van der Waals surface area contributed by atoms with E-state index in [9.17, 15) is 13.2 Å². The Morgan fingerprint density at radius 3 is 2.23 bits per heavy atom. The van der Waals surface area contributed by atoms with Crippen molar-refractivity contribution in [2.45, 2.75) is 11.3 Å². The molecule has 0 fully saturated rings. The third kappa shape index (κ3) is 6.14. The first-order chi connectivity index (χ1) is 16.8. The molecule has 0 unspecified atom stereocenters. The van der Waals surface area contributed by atoms with Crippen LogP contribution in [0.2, 0.25) is 0 Å². The maximum Gasteiger partial charge on any atom is 0.261 e. The zero-order chi connectivity index (χ0) is 24.8. The van der Waals surface area contributed by atoms with Gasteiger partial charge < -0.3 is 15.4 Å². The zero-order valence-corrected chi connectivity index (χ0v) is 20.4. The van der Waals surface area contributed by atoms with E-state index in [-0.39, 0.29) is 22.3 Å². The number of nitrogens with one attached hydrogen (secondary N) is 3. The standard InChI is InChI=1S/C26H23N3O4S2/c1-33-22-13-9-21(10-14-22)29-35(31,32)23-15-11-20(12-16-23)27-26(34)28-25(30)17-19-7-4-6-18-5-2-3-8-24(18)19/h2-16,29H,17H2,1H3,(H2,27,28,30,34). The van der Waals surface area contributed by atoms with Crippen LogP contribution in [0.1, 0.15) is 5.56 Å². The van der Waals surface area contributed by atoms with E-state index in [1.54, 1.807) is 36.4 Å². The second-order valence-electron chi connectivity index (χ2n) is 7.68. The van der Waals surface area contributed by atoms with Gasteiger partial charge >= 0.3 is 0 Å². The Morgan fingerprint density at radius 2 is 1.51 bits per heavy atom. The summed E-state index contributed by atoms with van der Waals surface area (Å²) in [6.07, 6.45) is 0.178. The fourth-order valence-electron chi connectivity index (χ4n) is 3.54. The van der Waals surface area contributed by atoms with Gasteiger partial charge in [0.15, 0.2) is 5.11 Å². The van der Waals surface area contributed by atoms with Crippen LogP contribution in [0, 0.1) is 0 Å². The van der Waals surface area contributed by atoms with Crippen molar-refractivity contribution in [1.82, 2.24) is 5.32 Å². The van der Waals surface area contributed by atoms with E-state index in [1.165, 1.54) is 19.2 Å². The van der Waals surface area contributed by atoms with Gasteiger partial charge in [0, 0.05) is 11.4 Å². The highest BCUT2D eigenvalue weighted by atomic mass is 32.2. The molecule has 4 rings (SSSR count). The molecule has 0 aromatic heterocycles.